The van der Waals surface area contributed by atoms with E-state index in [9.17, 15) is 4.79 Å². The first-order valence-corrected chi connectivity index (χ1v) is 5.69. The van der Waals surface area contributed by atoms with Crippen molar-refractivity contribution in [1.29, 1.82) is 0 Å². The molecule has 3 rings (SSSR count). The fourth-order valence-electron chi connectivity index (χ4n) is 1.88. The van der Waals surface area contributed by atoms with Crippen molar-refractivity contribution < 1.29 is 4.79 Å². The Morgan fingerprint density at radius 3 is 2.83 bits per heavy atom. The zero-order valence-electron chi connectivity index (χ0n) is 9.84. The first kappa shape index (κ1) is 10.7. The van der Waals surface area contributed by atoms with Crippen molar-refractivity contribution in [2.24, 2.45) is 0 Å². The largest absolute Gasteiger partial charge is 0.344 e. The molecule has 0 aromatic carbocycles. The maximum Gasteiger partial charge on any atom is 0.256 e. The van der Waals surface area contributed by atoms with E-state index >= 15 is 0 Å². The number of nitrogens with zero attached hydrogens (tertiary/aromatic N) is 2. The van der Waals surface area contributed by atoms with Gasteiger partial charge in [0, 0.05) is 12.4 Å². The molecule has 1 atom stereocenters. The van der Waals surface area contributed by atoms with Gasteiger partial charge >= 0.3 is 0 Å². The van der Waals surface area contributed by atoms with Crippen molar-refractivity contribution in [1.82, 2.24) is 15.3 Å². The summed E-state index contributed by atoms with van der Waals surface area (Å²) in [7, 11) is 0. The summed E-state index contributed by atoms with van der Waals surface area (Å²) in [6.07, 6.45) is 3.10. The van der Waals surface area contributed by atoms with E-state index in [1.54, 1.807) is 24.5 Å². The SMILES string of the molecule is Cc1ccc(C2NC(=O)c3cccnc3N2)nc1. The second-order valence-electron chi connectivity index (χ2n) is 4.21. The third kappa shape index (κ3) is 1.79. The highest BCUT2D eigenvalue weighted by molar-refractivity contribution is 6.00. The Morgan fingerprint density at radius 2 is 2.06 bits per heavy atom. The summed E-state index contributed by atoms with van der Waals surface area (Å²) in [5.41, 5.74) is 2.41. The predicted octanol–water partition coefficient (Wildman–Crippen LogP) is 1.64. The van der Waals surface area contributed by atoms with Crippen LogP contribution in [0.25, 0.3) is 0 Å². The molecule has 18 heavy (non-hydrogen) atoms. The summed E-state index contributed by atoms with van der Waals surface area (Å²) in [5.74, 6) is 0.456. The first-order valence-electron chi connectivity index (χ1n) is 5.69. The Hall–Kier alpha value is -2.43. The van der Waals surface area contributed by atoms with Crippen molar-refractivity contribution in [3.05, 3.63) is 53.5 Å². The lowest BCUT2D eigenvalue weighted by atomic mass is 10.1. The molecule has 1 amide bonds. The number of carbonyl (C=O) groups is 1. The van der Waals surface area contributed by atoms with E-state index in [1.807, 2.05) is 19.1 Å². The molecule has 2 aromatic heterocycles. The molecule has 3 heterocycles. The lowest BCUT2D eigenvalue weighted by Crippen LogP contribution is -2.39. The van der Waals surface area contributed by atoms with Gasteiger partial charge in [0.15, 0.2) is 0 Å². The number of anilines is 1. The van der Waals surface area contributed by atoms with Gasteiger partial charge in [-0.3, -0.25) is 9.78 Å². The first-order chi connectivity index (χ1) is 8.74. The number of amides is 1. The Morgan fingerprint density at radius 1 is 1.17 bits per heavy atom. The number of aromatic nitrogens is 2. The maximum absolute atomic E-state index is 11.9. The Bertz CT molecular complexity index is 594. The van der Waals surface area contributed by atoms with Gasteiger partial charge in [-0.15, -0.1) is 0 Å². The van der Waals surface area contributed by atoms with E-state index < -0.39 is 0 Å². The molecule has 5 heteroatoms. The van der Waals surface area contributed by atoms with Crippen molar-refractivity contribution >= 4 is 11.7 Å². The van der Waals surface area contributed by atoms with Gasteiger partial charge in [0.25, 0.3) is 5.91 Å². The van der Waals surface area contributed by atoms with Gasteiger partial charge in [0.1, 0.15) is 12.0 Å². The molecule has 1 aliphatic rings. The number of hydrogen-bond donors (Lipinski definition) is 2. The third-order valence-electron chi connectivity index (χ3n) is 2.84. The Labute approximate surface area is 104 Å². The summed E-state index contributed by atoms with van der Waals surface area (Å²) >= 11 is 0. The molecule has 0 bridgehead atoms. The summed E-state index contributed by atoms with van der Waals surface area (Å²) in [6.45, 7) is 1.97. The van der Waals surface area contributed by atoms with Crippen molar-refractivity contribution in [3.63, 3.8) is 0 Å². The van der Waals surface area contributed by atoms with Gasteiger partial charge in [-0.2, -0.15) is 0 Å². The van der Waals surface area contributed by atoms with E-state index in [0.717, 1.165) is 11.3 Å². The smallest absolute Gasteiger partial charge is 0.256 e. The van der Waals surface area contributed by atoms with Crippen LogP contribution in [0.1, 0.15) is 27.8 Å². The maximum atomic E-state index is 11.9. The highest BCUT2D eigenvalue weighted by Gasteiger charge is 2.25. The minimum absolute atomic E-state index is 0.135. The number of nitrogens with one attached hydrogen (secondary N) is 2. The van der Waals surface area contributed by atoms with E-state index in [4.69, 9.17) is 0 Å². The summed E-state index contributed by atoms with van der Waals surface area (Å²) in [5, 5.41) is 6.01. The topological polar surface area (TPSA) is 66.9 Å². The summed E-state index contributed by atoms with van der Waals surface area (Å²) in [6, 6.07) is 7.33. The zero-order valence-corrected chi connectivity index (χ0v) is 9.84. The zero-order chi connectivity index (χ0) is 12.5. The van der Waals surface area contributed by atoms with E-state index in [-0.39, 0.29) is 12.1 Å². The van der Waals surface area contributed by atoms with Crippen LogP contribution in [0.2, 0.25) is 0 Å². The fourth-order valence-corrected chi connectivity index (χ4v) is 1.88. The molecule has 90 valence electrons. The molecule has 1 aliphatic heterocycles. The fraction of sp³-hybridized carbons (Fsp3) is 0.154. The van der Waals surface area contributed by atoms with E-state index in [2.05, 4.69) is 20.6 Å². The van der Waals surface area contributed by atoms with Crippen LogP contribution in [0.4, 0.5) is 5.82 Å². The van der Waals surface area contributed by atoms with Crippen LogP contribution in [-0.2, 0) is 0 Å². The molecular weight excluding hydrogens is 228 g/mol. The highest BCUT2D eigenvalue weighted by Crippen LogP contribution is 2.23. The van der Waals surface area contributed by atoms with Gasteiger partial charge in [-0.25, -0.2) is 4.98 Å². The minimum atomic E-state index is -0.333. The standard InChI is InChI=1S/C13H12N4O/c1-8-4-5-10(15-7-8)12-16-11-9(13(18)17-12)3-2-6-14-11/h2-7,12H,1H3,(H,14,16)(H,17,18). The molecule has 2 N–H and O–H groups in total. The predicted molar refractivity (Wildman–Crippen MR) is 67.0 cm³/mol. The number of hydrogen-bond acceptors (Lipinski definition) is 4. The van der Waals surface area contributed by atoms with E-state index in [0.29, 0.717) is 11.4 Å². The second kappa shape index (κ2) is 4.10. The number of pyridine rings is 2. The molecule has 1 unspecified atom stereocenters. The lowest BCUT2D eigenvalue weighted by Gasteiger charge is -2.26. The van der Waals surface area contributed by atoms with Gasteiger partial charge in [-0.05, 0) is 30.7 Å². The van der Waals surface area contributed by atoms with Crippen LogP contribution in [0, 0.1) is 6.92 Å². The normalized spacial score (nSPS) is 17.6. The summed E-state index contributed by atoms with van der Waals surface area (Å²) < 4.78 is 0. The van der Waals surface area contributed by atoms with Gasteiger partial charge in [0.05, 0.1) is 11.3 Å². The van der Waals surface area contributed by atoms with Crippen LogP contribution in [0.3, 0.4) is 0 Å². The van der Waals surface area contributed by atoms with Gasteiger partial charge in [-0.1, -0.05) is 6.07 Å². The molecule has 0 spiro atoms. The number of aryl methyl sites for hydroxylation is 1. The van der Waals surface area contributed by atoms with Crippen LogP contribution in [-0.4, -0.2) is 15.9 Å². The number of fused-ring (bicyclic) bond motifs is 1. The van der Waals surface area contributed by atoms with E-state index in [1.165, 1.54) is 0 Å². The number of carbonyl (C=O) groups excluding carboxylic acids is 1. The van der Waals surface area contributed by atoms with Crippen molar-refractivity contribution in [3.8, 4) is 0 Å². The van der Waals surface area contributed by atoms with Crippen LogP contribution in [0.5, 0.6) is 0 Å². The average Bonchev–Trinajstić information content (AvgIpc) is 2.39. The summed E-state index contributed by atoms with van der Waals surface area (Å²) in [4.78, 5) is 20.4. The van der Waals surface area contributed by atoms with Crippen LogP contribution >= 0.6 is 0 Å². The van der Waals surface area contributed by atoms with Crippen molar-refractivity contribution in [2.75, 3.05) is 5.32 Å². The molecule has 0 aliphatic carbocycles. The molecular formula is C13H12N4O. The molecule has 0 saturated heterocycles. The lowest BCUT2D eigenvalue weighted by molar-refractivity contribution is 0.0934. The monoisotopic (exact) mass is 240 g/mol. The van der Waals surface area contributed by atoms with Crippen molar-refractivity contribution in [2.45, 2.75) is 13.1 Å². The quantitative estimate of drug-likeness (QED) is 0.795. The Kier molecular flexibility index (Phi) is 2.44. The third-order valence-corrected chi connectivity index (χ3v) is 2.84. The van der Waals surface area contributed by atoms with Crippen LogP contribution < -0.4 is 10.6 Å². The minimum Gasteiger partial charge on any atom is -0.344 e. The molecule has 2 aromatic rings. The average molecular weight is 240 g/mol. The Balaban J connectivity index is 1.94. The molecule has 0 radical (unpaired) electrons. The molecule has 5 nitrogen and oxygen atoms in total. The van der Waals surface area contributed by atoms with Gasteiger partial charge in [0.2, 0.25) is 0 Å². The number of rotatable bonds is 1. The second-order valence-corrected chi connectivity index (χ2v) is 4.21. The van der Waals surface area contributed by atoms with Gasteiger partial charge < -0.3 is 10.6 Å². The van der Waals surface area contributed by atoms with Crippen LogP contribution in [0.15, 0.2) is 36.7 Å². The highest BCUT2D eigenvalue weighted by atomic mass is 16.2. The molecule has 0 fully saturated rings. The molecule has 0 saturated carbocycles.